The lowest BCUT2D eigenvalue weighted by Gasteiger charge is -2.27. The normalized spacial score (nSPS) is 18.3. The molecule has 5 nitrogen and oxygen atoms in total. The van der Waals surface area contributed by atoms with Crippen molar-refractivity contribution in [3.05, 3.63) is 17.5 Å². The number of fused-ring (bicyclic) bond motifs is 1. The molecule has 0 N–H and O–H groups in total. The molecule has 0 amide bonds. The second-order valence-electron chi connectivity index (χ2n) is 5.02. The van der Waals surface area contributed by atoms with E-state index in [9.17, 15) is 4.79 Å². The molecule has 0 bridgehead atoms. The van der Waals surface area contributed by atoms with E-state index in [1.54, 1.807) is 13.2 Å². The van der Waals surface area contributed by atoms with Gasteiger partial charge in [-0.1, -0.05) is 0 Å². The van der Waals surface area contributed by atoms with E-state index in [2.05, 4.69) is 14.9 Å². The molecule has 3 rings (SSSR count). The Morgan fingerprint density at radius 3 is 2.79 bits per heavy atom. The summed E-state index contributed by atoms with van der Waals surface area (Å²) >= 11 is 0. The maximum absolute atomic E-state index is 11.4. The summed E-state index contributed by atoms with van der Waals surface area (Å²) in [7, 11) is 3.66. The Morgan fingerprint density at radius 2 is 2.11 bits per heavy atom. The van der Waals surface area contributed by atoms with Gasteiger partial charge in [0.1, 0.15) is 5.82 Å². The highest BCUT2D eigenvalue weighted by Gasteiger charge is 2.24. The third-order valence-corrected chi connectivity index (χ3v) is 3.69. The zero-order valence-corrected chi connectivity index (χ0v) is 11.3. The summed E-state index contributed by atoms with van der Waals surface area (Å²) in [5.74, 6) is 2.37. The fourth-order valence-electron chi connectivity index (χ4n) is 2.67. The number of carbonyl (C=O) groups is 1. The minimum absolute atomic E-state index is 0.156. The first-order valence-corrected chi connectivity index (χ1v) is 6.59. The number of aromatic nitrogens is 2. The van der Waals surface area contributed by atoms with Crippen LogP contribution in [-0.2, 0) is 11.2 Å². The van der Waals surface area contributed by atoms with Crippen LogP contribution in [0.3, 0.4) is 0 Å². The molecular formula is C14H17N3O2. The molecule has 2 aliphatic rings. The first-order valence-electron chi connectivity index (χ1n) is 6.59. The lowest BCUT2D eigenvalue weighted by molar-refractivity contribution is -0.114. The largest absolute Gasteiger partial charge is 0.481 e. The van der Waals surface area contributed by atoms with Gasteiger partial charge in [-0.3, -0.25) is 4.79 Å². The molecule has 1 aliphatic heterocycles. The molecule has 5 heteroatoms. The predicted molar refractivity (Wildman–Crippen MR) is 72.4 cm³/mol. The number of ketones is 1. The van der Waals surface area contributed by atoms with Crippen molar-refractivity contribution in [1.29, 1.82) is 0 Å². The molecule has 0 saturated carbocycles. The van der Waals surface area contributed by atoms with Crippen LogP contribution in [0, 0.1) is 0 Å². The molecule has 0 radical (unpaired) electrons. The Hall–Kier alpha value is -1.91. The molecule has 1 aromatic rings. The minimum Gasteiger partial charge on any atom is -0.481 e. The van der Waals surface area contributed by atoms with Crippen LogP contribution in [0.2, 0.25) is 0 Å². The van der Waals surface area contributed by atoms with Crippen LogP contribution >= 0.6 is 0 Å². The van der Waals surface area contributed by atoms with Crippen LogP contribution in [0.15, 0.2) is 6.08 Å². The van der Waals surface area contributed by atoms with Gasteiger partial charge in [0.25, 0.3) is 0 Å². The number of rotatable bonds is 2. The summed E-state index contributed by atoms with van der Waals surface area (Å²) in [6.45, 7) is 0.991. The van der Waals surface area contributed by atoms with Gasteiger partial charge in [-0.05, 0) is 25.3 Å². The van der Waals surface area contributed by atoms with Crippen LogP contribution in [0.25, 0.3) is 5.57 Å². The predicted octanol–water partition coefficient (Wildman–Crippen LogP) is 1.61. The van der Waals surface area contributed by atoms with Crippen LogP contribution in [-0.4, -0.2) is 36.5 Å². The average Bonchev–Trinajstić information content (AvgIpc) is 2.85. The standard InChI is InChI=1S/C14H17N3O2/c1-17-7-3-4-11-13(17)15-12(16-14(11)19-2)9-5-6-10(18)8-9/h8H,3-7H2,1-2H3. The van der Waals surface area contributed by atoms with E-state index < -0.39 is 0 Å². The van der Waals surface area contributed by atoms with E-state index in [-0.39, 0.29) is 5.78 Å². The highest BCUT2D eigenvalue weighted by Crippen LogP contribution is 2.33. The van der Waals surface area contributed by atoms with Gasteiger partial charge >= 0.3 is 0 Å². The van der Waals surface area contributed by atoms with Crippen molar-refractivity contribution in [3.8, 4) is 5.88 Å². The molecule has 1 aliphatic carbocycles. The summed E-state index contributed by atoms with van der Waals surface area (Å²) in [6.07, 6.45) is 4.98. The summed E-state index contributed by atoms with van der Waals surface area (Å²) in [5.41, 5.74) is 2.00. The first kappa shape index (κ1) is 12.1. The fourth-order valence-corrected chi connectivity index (χ4v) is 2.67. The highest BCUT2D eigenvalue weighted by molar-refractivity contribution is 6.01. The van der Waals surface area contributed by atoms with Crippen LogP contribution < -0.4 is 9.64 Å². The maximum atomic E-state index is 11.4. The zero-order chi connectivity index (χ0) is 13.4. The SMILES string of the molecule is COc1nc(C2=CC(=O)CC2)nc2c1CCCN2C. The van der Waals surface area contributed by atoms with Gasteiger partial charge in [0.2, 0.25) is 5.88 Å². The van der Waals surface area contributed by atoms with E-state index in [0.717, 1.165) is 42.8 Å². The van der Waals surface area contributed by atoms with E-state index in [1.165, 1.54) is 0 Å². The monoisotopic (exact) mass is 259 g/mol. The Labute approximate surface area is 112 Å². The minimum atomic E-state index is 0.156. The fraction of sp³-hybridized carbons (Fsp3) is 0.500. The summed E-state index contributed by atoms with van der Waals surface area (Å²) in [4.78, 5) is 22.6. The third kappa shape index (κ3) is 2.09. The van der Waals surface area contributed by atoms with Crippen molar-refractivity contribution >= 4 is 17.2 Å². The lowest BCUT2D eigenvalue weighted by Crippen LogP contribution is -2.27. The first-order chi connectivity index (χ1) is 9.19. The molecule has 0 saturated heterocycles. The van der Waals surface area contributed by atoms with Crippen molar-refractivity contribution < 1.29 is 9.53 Å². The number of allylic oxidation sites excluding steroid dienone is 2. The van der Waals surface area contributed by atoms with Crippen molar-refractivity contribution in [2.75, 3.05) is 25.6 Å². The van der Waals surface area contributed by atoms with Gasteiger partial charge in [0, 0.05) is 25.6 Å². The van der Waals surface area contributed by atoms with Crippen LogP contribution in [0.1, 0.15) is 30.7 Å². The molecule has 0 spiro atoms. The summed E-state index contributed by atoms with van der Waals surface area (Å²) in [6, 6.07) is 0. The molecule has 19 heavy (non-hydrogen) atoms. The van der Waals surface area contributed by atoms with Crippen LogP contribution in [0.4, 0.5) is 5.82 Å². The van der Waals surface area contributed by atoms with Crippen LogP contribution in [0.5, 0.6) is 5.88 Å². The van der Waals surface area contributed by atoms with Gasteiger partial charge in [-0.15, -0.1) is 0 Å². The maximum Gasteiger partial charge on any atom is 0.222 e. The number of nitrogens with zero attached hydrogens (tertiary/aromatic N) is 3. The smallest absolute Gasteiger partial charge is 0.222 e. The third-order valence-electron chi connectivity index (χ3n) is 3.69. The molecule has 0 aromatic carbocycles. The van der Waals surface area contributed by atoms with Gasteiger partial charge in [0.05, 0.1) is 12.7 Å². The van der Waals surface area contributed by atoms with E-state index >= 15 is 0 Å². The van der Waals surface area contributed by atoms with Crippen molar-refractivity contribution in [1.82, 2.24) is 9.97 Å². The summed E-state index contributed by atoms with van der Waals surface area (Å²) in [5, 5.41) is 0. The Bertz CT molecular complexity index is 566. The van der Waals surface area contributed by atoms with E-state index in [4.69, 9.17) is 4.74 Å². The molecule has 0 unspecified atom stereocenters. The second-order valence-corrected chi connectivity index (χ2v) is 5.02. The van der Waals surface area contributed by atoms with Gasteiger partial charge < -0.3 is 9.64 Å². The Balaban J connectivity index is 2.10. The number of methoxy groups -OCH3 is 1. The molecule has 2 heterocycles. The van der Waals surface area contributed by atoms with Gasteiger partial charge in [-0.2, -0.15) is 4.98 Å². The number of hydrogen-bond donors (Lipinski definition) is 0. The molecule has 100 valence electrons. The molecule has 1 aromatic heterocycles. The quantitative estimate of drug-likeness (QED) is 0.807. The van der Waals surface area contributed by atoms with Crippen molar-refractivity contribution in [2.45, 2.75) is 25.7 Å². The number of hydrogen-bond acceptors (Lipinski definition) is 5. The molecular weight excluding hydrogens is 242 g/mol. The second kappa shape index (κ2) is 4.64. The number of ether oxygens (including phenoxy) is 1. The molecule has 0 fully saturated rings. The van der Waals surface area contributed by atoms with Gasteiger partial charge in [-0.25, -0.2) is 4.98 Å². The topological polar surface area (TPSA) is 55.3 Å². The average molecular weight is 259 g/mol. The van der Waals surface area contributed by atoms with E-state index in [0.29, 0.717) is 18.1 Å². The lowest BCUT2D eigenvalue weighted by atomic mass is 10.1. The van der Waals surface area contributed by atoms with E-state index in [1.807, 2.05) is 7.05 Å². The Kier molecular flexibility index (Phi) is 2.97. The van der Waals surface area contributed by atoms with Crippen molar-refractivity contribution in [3.63, 3.8) is 0 Å². The van der Waals surface area contributed by atoms with Gasteiger partial charge in [0.15, 0.2) is 11.6 Å². The highest BCUT2D eigenvalue weighted by atomic mass is 16.5. The zero-order valence-electron chi connectivity index (χ0n) is 11.3. The number of carbonyl (C=O) groups excluding carboxylic acids is 1. The van der Waals surface area contributed by atoms with Crippen molar-refractivity contribution in [2.24, 2.45) is 0 Å². The summed E-state index contributed by atoms with van der Waals surface area (Å²) < 4.78 is 5.40. The Morgan fingerprint density at radius 1 is 1.26 bits per heavy atom. The number of anilines is 1. The molecule has 0 atom stereocenters.